The van der Waals surface area contributed by atoms with Crippen molar-refractivity contribution in [2.45, 2.75) is 6.54 Å². The Labute approximate surface area is 105 Å². The number of ether oxygens (including phenoxy) is 1. The zero-order chi connectivity index (χ0) is 13.5. The van der Waals surface area contributed by atoms with Crippen LogP contribution >= 0.6 is 0 Å². The zero-order valence-corrected chi connectivity index (χ0v) is 10.3. The molecule has 0 fully saturated rings. The minimum absolute atomic E-state index is 0.361. The smallest absolute Gasteiger partial charge is 0.328 e. The van der Waals surface area contributed by atoms with Gasteiger partial charge in [-0.25, -0.2) is 4.79 Å². The molecule has 0 saturated carbocycles. The summed E-state index contributed by atoms with van der Waals surface area (Å²) in [7, 11) is 3.18. The number of aliphatic carboxylic acids is 1. The molecule has 0 spiro atoms. The van der Waals surface area contributed by atoms with Crippen molar-refractivity contribution in [3.8, 4) is 5.75 Å². The third-order valence-electron chi connectivity index (χ3n) is 2.30. The van der Waals surface area contributed by atoms with Crippen LogP contribution in [0.15, 0.2) is 36.4 Å². The van der Waals surface area contributed by atoms with Crippen LogP contribution in [0.25, 0.3) is 0 Å². The molecule has 0 unspecified atom stereocenters. The summed E-state index contributed by atoms with van der Waals surface area (Å²) in [5.41, 5.74) is 0.911. The first-order valence-electron chi connectivity index (χ1n) is 5.32. The molecule has 0 aliphatic rings. The summed E-state index contributed by atoms with van der Waals surface area (Å²) in [4.78, 5) is 23.3. The van der Waals surface area contributed by atoms with Crippen molar-refractivity contribution >= 4 is 11.9 Å². The molecule has 1 aromatic rings. The second-order valence-electron chi connectivity index (χ2n) is 3.72. The second kappa shape index (κ2) is 6.44. The molecule has 1 rings (SSSR count). The number of nitrogens with zero attached hydrogens (tertiary/aromatic N) is 1. The number of methoxy groups -OCH3 is 1. The molecule has 5 nitrogen and oxygen atoms in total. The van der Waals surface area contributed by atoms with Crippen LogP contribution in [-0.2, 0) is 16.1 Å². The van der Waals surface area contributed by atoms with Crippen molar-refractivity contribution in [3.63, 3.8) is 0 Å². The van der Waals surface area contributed by atoms with Crippen LogP contribution in [0.3, 0.4) is 0 Å². The van der Waals surface area contributed by atoms with Crippen molar-refractivity contribution in [1.82, 2.24) is 4.90 Å². The first kappa shape index (κ1) is 13.8. The van der Waals surface area contributed by atoms with Crippen LogP contribution < -0.4 is 4.74 Å². The van der Waals surface area contributed by atoms with Crippen molar-refractivity contribution in [2.75, 3.05) is 14.2 Å². The van der Waals surface area contributed by atoms with E-state index in [1.807, 2.05) is 24.3 Å². The Morgan fingerprint density at radius 1 is 1.39 bits per heavy atom. The molecule has 0 bridgehead atoms. The van der Waals surface area contributed by atoms with E-state index in [9.17, 15) is 9.59 Å². The van der Waals surface area contributed by atoms with Gasteiger partial charge < -0.3 is 14.7 Å². The van der Waals surface area contributed by atoms with Crippen molar-refractivity contribution < 1.29 is 19.4 Å². The van der Waals surface area contributed by atoms with Crippen molar-refractivity contribution in [2.24, 2.45) is 0 Å². The number of likely N-dealkylation sites (N-methyl/N-ethyl adjacent to an activating group) is 1. The number of carboxylic acid groups (broad SMARTS) is 1. The van der Waals surface area contributed by atoms with Gasteiger partial charge >= 0.3 is 5.97 Å². The molecule has 5 heteroatoms. The quantitative estimate of drug-likeness (QED) is 0.799. The van der Waals surface area contributed by atoms with E-state index < -0.39 is 5.97 Å². The van der Waals surface area contributed by atoms with Gasteiger partial charge in [0.25, 0.3) is 0 Å². The lowest BCUT2D eigenvalue weighted by molar-refractivity contribution is -0.132. The molecule has 1 N–H and O–H groups in total. The fraction of sp³-hybridized carbons (Fsp3) is 0.231. The van der Waals surface area contributed by atoms with Crippen LogP contribution in [0, 0.1) is 0 Å². The highest BCUT2D eigenvalue weighted by Gasteiger charge is 2.06. The molecule has 0 aromatic heterocycles. The molecule has 1 aromatic carbocycles. The minimum Gasteiger partial charge on any atom is -0.497 e. The number of hydrogen-bond acceptors (Lipinski definition) is 3. The first-order chi connectivity index (χ1) is 8.52. The highest BCUT2D eigenvalue weighted by atomic mass is 16.5. The van der Waals surface area contributed by atoms with Crippen LogP contribution in [0.1, 0.15) is 5.56 Å². The normalized spacial score (nSPS) is 10.3. The van der Waals surface area contributed by atoms with Gasteiger partial charge in [-0.2, -0.15) is 0 Å². The fourth-order valence-corrected chi connectivity index (χ4v) is 1.39. The third kappa shape index (κ3) is 4.29. The number of benzene rings is 1. The van der Waals surface area contributed by atoms with E-state index in [4.69, 9.17) is 9.84 Å². The third-order valence-corrected chi connectivity index (χ3v) is 2.30. The Morgan fingerprint density at radius 2 is 2.11 bits per heavy atom. The number of carbonyl (C=O) groups is 2. The molecule has 0 aliphatic carbocycles. The van der Waals surface area contributed by atoms with E-state index in [0.717, 1.165) is 23.5 Å². The summed E-state index contributed by atoms with van der Waals surface area (Å²) in [5.74, 6) is -0.784. The Hall–Kier alpha value is -2.30. The lowest BCUT2D eigenvalue weighted by Gasteiger charge is -2.15. The summed E-state index contributed by atoms with van der Waals surface area (Å²) in [6.45, 7) is 0.389. The predicted octanol–water partition coefficient (Wildman–Crippen LogP) is 1.29. The summed E-state index contributed by atoms with van der Waals surface area (Å²) < 4.78 is 5.08. The predicted molar refractivity (Wildman–Crippen MR) is 66.2 cm³/mol. The van der Waals surface area contributed by atoms with Crippen LogP contribution in [0.5, 0.6) is 5.75 Å². The zero-order valence-electron chi connectivity index (χ0n) is 10.3. The standard InChI is InChI=1S/C13H15NO4/c1-14(12(15)6-7-13(16)17)9-10-4-3-5-11(8-10)18-2/h3-8H,9H2,1-2H3,(H,16,17)/b7-6+. The molecule has 0 aliphatic heterocycles. The average molecular weight is 249 g/mol. The van der Waals surface area contributed by atoms with Gasteiger partial charge in [-0.1, -0.05) is 12.1 Å². The van der Waals surface area contributed by atoms with Gasteiger partial charge in [-0.15, -0.1) is 0 Å². The Morgan fingerprint density at radius 3 is 2.72 bits per heavy atom. The SMILES string of the molecule is COc1cccc(CN(C)C(=O)/C=C/C(=O)O)c1. The van der Waals surface area contributed by atoms with E-state index in [1.165, 1.54) is 4.90 Å². The maximum Gasteiger partial charge on any atom is 0.328 e. The first-order valence-corrected chi connectivity index (χ1v) is 5.32. The monoisotopic (exact) mass is 249 g/mol. The molecule has 0 heterocycles. The lowest BCUT2D eigenvalue weighted by Crippen LogP contribution is -2.24. The maximum absolute atomic E-state index is 11.6. The van der Waals surface area contributed by atoms with Gasteiger partial charge in [-0.3, -0.25) is 4.79 Å². The average Bonchev–Trinajstić information content (AvgIpc) is 2.36. The number of carboxylic acids is 1. The second-order valence-corrected chi connectivity index (χ2v) is 3.72. The molecule has 96 valence electrons. The topological polar surface area (TPSA) is 66.8 Å². The maximum atomic E-state index is 11.6. The molecule has 0 radical (unpaired) electrons. The van der Waals surface area contributed by atoms with E-state index in [0.29, 0.717) is 6.54 Å². The minimum atomic E-state index is -1.14. The lowest BCUT2D eigenvalue weighted by atomic mass is 10.2. The number of amides is 1. The van der Waals surface area contributed by atoms with E-state index in [2.05, 4.69) is 0 Å². The summed E-state index contributed by atoms with van der Waals surface area (Å²) in [6.07, 6.45) is 1.85. The van der Waals surface area contributed by atoms with Gasteiger partial charge in [-0.05, 0) is 17.7 Å². The Bertz CT molecular complexity index is 468. The van der Waals surface area contributed by atoms with Crippen molar-refractivity contribution in [3.05, 3.63) is 42.0 Å². The summed E-state index contributed by atoms with van der Waals surface area (Å²) >= 11 is 0. The fourth-order valence-electron chi connectivity index (χ4n) is 1.39. The van der Waals surface area contributed by atoms with Crippen molar-refractivity contribution in [1.29, 1.82) is 0 Å². The van der Waals surface area contributed by atoms with Gasteiger partial charge in [0, 0.05) is 25.7 Å². The number of hydrogen-bond donors (Lipinski definition) is 1. The van der Waals surface area contributed by atoms with Crippen LogP contribution in [-0.4, -0.2) is 36.0 Å². The largest absolute Gasteiger partial charge is 0.497 e. The van der Waals surface area contributed by atoms with Gasteiger partial charge in [0.15, 0.2) is 0 Å². The van der Waals surface area contributed by atoms with Gasteiger partial charge in [0.05, 0.1) is 7.11 Å². The molecule has 0 saturated heterocycles. The summed E-state index contributed by atoms with van der Waals surface area (Å²) in [5, 5.41) is 8.43. The Kier molecular flexibility index (Phi) is 4.92. The Balaban J connectivity index is 2.66. The summed E-state index contributed by atoms with van der Waals surface area (Å²) in [6, 6.07) is 7.34. The van der Waals surface area contributed by atoms with E-state index in [-0.39, 0.29) is 5.91 Å². The number of carbonyl (C=O) groups excluding carboxylic acids is 1. The molecule has 18 heavy (non-hydrogen) atoms. The highest BCUT2D eigenvalue weighted by Crippen LogP contribution is 2.13. The number of rotatable bonds is 5. The van der Waals surface area contributed by atoms with E-state index >= 15 is 0 Å². The molecular weight excluding hydrogens is 234 g/mol. The van der Waals surface area contributed by atoms with Gasteiger partial charge in [0.1, 0.15) is 5.75 Å². The molecule has 0 atom stereocenters. The van der Waals surface area contributed by atoms with Crippen LogP contribution in [0.4, 0.5) is 0 Å². The van der Waals surface area contributed by atoms with E-state index in [1.54, 1.807) is 14.2 Å². The molecular formula is C13H15NO4. The van der Waals surface area contributed by atoms with Crippen LogP contribution in [0.2, 0.25) is 0 Å². The van der Waals surface area contributed by atoms with Gasteiger partial charge in [0.2, 0.25) is 5.91 Å². The molecule has 1 amide bonds. The highest BCUT2D eigenvalue weighted by molar-refractivity contribution is 5.93.